The Morgan fingerprint density at radius 2 is 1.64 bits per heavy atom. The number of anilines is 3. The number of hydrogen-bond acceptors (Lipinski definition) is 6. The van der Waals surface area contributed by atoms with Gasteiger partial charge in [-0.25, -0.2) is 19.2 Å². The monoisotopic (exact) mass is 380 g/mol. The van der Waals surface area contributed by atoms with Crippen LogP contribution in [0.1, 0.15) is 27.6 Å². The first-order chi connectivity index (χ1) is 13.6. The lowest BCUT2D eigenvalue weighted by Crippen LogP contribution is -2.14. The number of para-hydroxylation sites is 2. The van der Waals surface area contributed by atoms with Crippen molar-refractivity contribution in [3.63, 3.8) is 0 Å². The second-order valence-corrected chi connectivity index (χ2v) is 5.62. The van der Waals surface area contributed by atoms with Crippen molar-refractivity contribution in [2.75, 3.05) is 17.2 Å². The Bertz CT molecular complexity index is 993. The molecule has 1 amide bonds. The summed E-state index contributed by atoms with van der Waals surface area (Å²) < 4.78 is 18.7. The lowest BCUT2D eigenvalue weighted by atomic mass is 10.2. The van der Waals surface area contributed by atoms with Crippen LogP contribution in [0.2, 0.25) is 0 Å². The Kier molecular flexibility index (Phi) is 5.91. The lowest BCUT2D eigenvalue weighted by molar-refractivity contribution is 0.0527. The van der Waals surface area contributed by atoms with Crippen LogP contribution in [0.15, 0.2) is 60.9 Å². The van der Waals surface area contributed by atoms with Gasteiger partial charge in [-0.1, -0.05) is 24.3 Å². The molecule has 7 nitrogen and oxygen atoms in total. The molecule has 0 unspecified atom stereocenters. The van der Waals surface area contributed by atoms with Crippen molar-refractivity contribution in [2.24, 2.45) is 0 Å². The van der Waals surface area contributed by atoms with Crippen LogP contribution in [0, 0.1) is 5.82 Å². The van der Waals surface area contributed by atoms with Crippen LogP contribution in [0.25, 0.3) is 0 Å². The molecule has 1 heterocycles. The summed E-state index contributed by atoms with van der Waals surface area (Å²) in [6.45, 7) is 1.98. The summed E-state index contributed by atoms with van der Waals surface area (Å²) in [7, 11) is 0. The van der Waals surface area contributed by atoms with E-state index in [9.17, 15) is 14.0 Å². The number of nitrogens with one attached hydrogen (secondary N) is 2. The minimum atomic E-state index is -0.538. The van der Waals surface area contributed by atoms with E-state index in [0.29, 0.717) is 11.3 Å². The Hall–Kier alpha value is -3.81. The van der Waals surface area contributed by atoms with Gasteiger partial charge < -0.3 is 15.4 Å². The van der Waals surface area contributed by atoms with E-state index in [1.54, 1.807) is 37.3 Å². The number of esters is 1. The van der Waals surface area contributed by atoms with Gasteiger partial charge in [-0.05, 0) is 31.2 Å². The Morgan fingerprint density at radius 3 is 2.32 bits per heavy atom. The number of nitrogens with zero attached hydrogens (tertiary/aromatic N) is 2. The molecular formula is C20H17FN4O3. The molecule has 0 aliphatic rings. The molecule has 2 N–H and O–H groups in total. The SMILES string of the molecule is CCOC(=O)c1ccccc1Nc1ncc(C(=O)Nc2ccccc2F)cn1. The number of rotatable bonds is 6. The molecule has 8 heteroatoms. The highest BCUT2D eigenvalue weighted by molar-refractivity contribution is 6.04. The molecule has 2 aromatic carbocycles. The number of benzene rings is 2. The van der Waals surface area contributed by atoms with E-state index in [1.165, 1.54) is 30.6 Å². The molecule has 3 rings (SSSR count). The van der Waals surface area contributed by atoms with Crippen LogP contribution in [0.3, 0.4) is 0 Å². The van der Waals surface area contributed by atoms with Crippen molar-refractivity contribution in [3.05, 3.63) is 77.9 Å². The normalized spacial score (nSPS) is 10.2. The topological polar surface area (TPSA) is 93.2 Å². The number of aromatic nitrogens is 2. The Morgan fingerprint density at radius 1 is 1.00 bits per heavy atom. The largest absolute Gasteiger partial charge is 0.462 e. The second-order valence-electron chi connectivity index (χ2n) is 5.62. The number of ether oxygens (including phenoxy) is 1. The van der Waals surface area contributed by atoms with Gasteiger partial charge in [0, 0.05) is 12.4 Å². The van der Waals surface area contributed by atoms with Gasteiger partial charge in [-0.15, -0.1) is 0 Å². The molecule has 0 radical (unpaired) electrons. The minimum Gasteiger partial charge on any atom is -0.462 e. The maximum Gasteiger partial charge on any atom is 0.340 e. The first-order valence-corrected chi connectivity index (χ1v) is 8.49. The van der Waals surface area contributed by atoms with Gasteiger partial charge in [0.25, 0.3) is 5.91 Å². The summed E-state index contributed by atoms with van der Waals surface area (Å²) in [6.07, 6.45) is 2.61. The number of hydrogen-bond donors (Lipinski definition) is 2. The van der Waals surface area contributed by atoms with Crippen LogP contribution in [-0.2, 0) is 4.74 Å². The van der Waals surface area contributed by atoms with Gasteiger partial charge >= 0.3 is 5.97 Å². The summed E-state index contributed by atoms with van der Waals surface area (Å²) in [6, 6.07) is 12.6. The highest BCUT2D eigenvalue weighted by atomic mass is 19.1. The van der Waals surface area contributed by atoms with Crippen molar-refractivity contribution in [1.82, 2.24) is 9.97 Å². The molecule has 0 saturated heterocycles. The fraction of sp³-hybridized carbons (Fsp3) is 0.100. The van der Waals surface area contributed by atoms with E-state index in [1.807, 2.05) is 0 Å². The zero-order valence-electron chi connectivity index (χ0n) is 15.0. The maximum absolute atomic E-state index is 13.6. The highest BCUT2D eigenvalue weighted by Gasteiger charge is 2.14. The zero-order chi connectivity index (χ0) is 19.9. The summed E-state index contributed by atoms with van der Waals surface area (Å²) in [4.78, 5) is 32.4. The van der Waals surface area contributed by atoms with Crippen molar-refractivity contribution in [1.29, 1.82) is 0 Å². The maximum atomic E-state index is 13.6. The van der Waals surface area contributed by atoms with Crippen LogP contribution >= 0.6 is 0 Å². The second kappa shape index (κ2) is 8.72. The molecule has 0 spiro atoms. The molecule has 0 aliphatic heterocycles. The predicted octanol–water partition coefficient (Wildman–Crippen LogP) is 3.79. The number of carbonyl (C=O) groups excluding carboxylic acids is 2. The van der Waals surface area contributed by atoms with Crippen molar-refractivity contribution >= 4 is 29.2 Å². The Labute approximate surface area is 160 Å². The first-order valence-electron chi connectivity index (χ1n) is 8.49. The smallest absolute Gasteiger partial charge is 0.340 e. The van der Waals surface area contributed by atoms with Crippen LogP contribution in [0.5, 0.6) is 0 Å². The molecule has 142 valence electrons. The van der Waals surface area contributed by atoms with Crippen LogP contribution < -0.4 is 10.6 Å². The molecule has 28 heavy (non-hydrogen) atoms. The summed E-state index contributed by atoms with van der Waals surface area (Å²) >= 11 is 0. The quantitative estimate of drug-likeness (QED) is 0.632. The number of carbonyl (C=O) groups is 2. The van der Waals surface area contributed by atoms with Gasteiger partial charge in [0.1, 0.15) is 5.82 Å². The molecule has 0 aliphatic carbocycles. The fourth-order valence-corrected chi connectivity index (χ4v) is 2.37. The third kappa shape index (κ3) is 4.47. The van der Waals surface area contributed by atoms with Gasteiger partial charge in [0.05, 0.1) is 29.1 Å². The van der Waals surface area contributed by atoms with E-state index in [0.717, 1.165) is 0 Å². The standard InChI is InChI=1S/C20H17FN4O3/c1-2-28-19(27)14-7-3-5-9-16(14)25-20-22-11-13(12-23-20)18(26)24-17-10-6-4-8-15(17)21/h3-12H,2H2,1H3,(H,24,26)(H,22,23,25). The molecule has 0 saturated carbocycles. The first kappa shape index (κ1) is 19.0. The van der Waals surface area contributed by atoms with Gasteiger partial charge in [0.15, 0.2) is 0 Å². The average Bonchev–Trinajstić information content (AvgIpc) is 2.71. The Balaban J connectivity index is 1.73. The summed E-state index contributed by atoms with van der Waals surface area (Å²) in [5, 5.41) is 5.38. The van der Waals surface area contributed by atoms with Gasteiger partial charge in [-0.2, -0.15) is 0 Å². The number of halogens is 1. The molecule has 0 fully saturated rings. The van der Waals surface area contributed by atoms with Crippen molar-refractivity contribution in [2.45, 2.75) is 6.92 Å². The summed E-state index contributed by atoms with van der Waals surface area (Å²) in [5.74, 6) is -1.35. The highest BCUT2D eigenvalue weighted by Crippen LogP contribution is 2.20. The van der Waals surface area contributed by atoms with E-state index in [4.69, 9.17) is 4.74 Å². The molecule has 3 aromatic rings. The van der Waals surface area contributed by atoms with Gasteiger partial charge in [-0.3, -0.25) is 4.79 Å². The zero-order valence-corrected chi connectivity index (χ0v) is 15.0. The van der Waals surface area contributed by atoms with Gasteiger partial charge in [0.2, 0.25) is 5.95 Å². The fourth-order valence-electron chi connectivity index (χ4n) is 2.37. The summed E-state index contributed by atoms with van der Waals surface area (Å²) in [5.41, 5.74) is 1.05. The molecule has 0 bridgehead atoms. The number of amides is 1. The van der Waals surface area contributed by atoms with Crippen molar-refractivity contribution in [3.8, 4) is 0 Å². The third-order valence-corrected chi connectivity index (χ3v) is 3.70. The molecule has 0 atom stereocenters. The van der Waals surface area contributed by atoms with E-state index in [2.05, 4.69) is 20.6 Å². The molecular weight excluding hydrogens is 363 g/mol. The lowest BCUT2D eigenvalue weighted by Gasteiger charge is -2.10. The minimum absolute atomic E-state index is 0.0677. The molecule has 1 aromatic heterocycles. The van der Waals surface area contributed by atoms with Crippen LogP contribution in [-0.4, -0.2) is 28.5 Å². The van der Waals surface area contributed by atoms with E-state index < -0.39 is 17.7 Å². The predicted molar refractivity (Wildman–Crippen MR) is 102 cm³/mol. The van der Waals surface area contributed by atoms with E-state index in [-0.39, 0.29) is 23.8 Å². The van der Waals surface area contributed by atoms with Crippen molar-refractivity contribution < 1.29 is 18.7 Å². The average molecular weight is 380 g/mol. The third-order valence-electron chi connectivity index (χ3n) is 3.70. The van der Waals surface area contributed by atoms with Crippen LogP contribution in [0.4, 0.5) is 21.7 Å². The van der Waals surface area contributed by atoms with E-state index >= 15 is 0 Å².